The monoisotopic (exact) mass is 352 g/mol. The van der Waals surface area contributed by atoms with Gasteiger partial charge in [0.2, 0.25) is 0 Å². The molecule has 1 aromatic carbocycles. The summed E-state index contributed by atoms with van der Waals surface area (Å²) in [5.74, 6) is 0. The summed E-state index contributed by atoms with van der Waals surface area (Å²) >= 11 is 2.16. The van der Waals surface area contributed by atoms with Gasteiger partial charge in [0.05, 0.1) is 5.69 Å². The van der Waals surface area contributed by atoms with Crippen molar-refractivity contribution in [3.63, 3.8) is 0 Å². The molecule has 6 heteroatoms. The molecule has 0 aliphatic carbocycles. The third-order valence-corrected chi connectivity index (χ3v) is 4.69. The molecule has 88 valence electrons. The van der Waals surface area contributed by atoms with Crippen LogP contribution in [0.15, 0.2) is 24.3 Å². The van der Waals surface area contributed by atoms with E-state index < -0.39 is 10.2 Å². The second kappa shape index (κ2) is 4.89. The summed E-state index contributed by atoms with van der Waals surface area (Å²) in [5, 5.41) is 0. The van der Waals surface area contributed by atoms with Gasteiger partial charge in [-0.3, -0.25) is 4.72 Å². The Morgan fingerprint density at radius 3 is 2.56 bits per heavy atom. The molecule has 1 N–H and O–H groups in total. The third-order valence-electron chi connectivity index (χ3n) is 2.48. The Labute approximate surface area is 109 Å². The van der Waals surface area contributed by atoms with Crippen molar-refractivity contribution in [1.29, 1.82) is 0 Å². The second-order valence-corrected chi connectivity index (χ2v) is 6.64. The molecule has 16 heavy (non-hydrogen) atoms. The Bertz CT molecular complexity index is 469. The minimum absolute atomic E-state index is 0.624. The predicted octanol–water partition coefficient (Wildman–Crippen LogP) is 2.04. The number of benzene rings is 1. The van der Waals surface area contributed by atoms with Crippen LogP contribution in [0.1, 0.15) is 12.8 Å². The largest absolute Gasteiger partial charge is 0.301 e. The molecule has 0 aromatic heterocycles. The van der Waals surface area contributed by atoms with E-state index in [1.807, 2.05) is 18.2 Å². The highest BCUT2D eigenvalue weighted by Crippen LogP contribution is 2.18. The van der Waals surface area contributed by atoms with Crippen LogP contribution in [0.3, 0.4) is 0 Å². The Morgan fingerprint density at radius 1 is 1.25 bits per heavy atom. The maximum Gasteiger partial charge on any atom is 0.301 e. The van der Waals surface area contributed by atoms with E-state index in [1.54, 1.807) is 6.07 Å². The Morgan fingerprint density at radius 2 is 1.94 bits per heavy atom. The van der Waals surface area contributed by atoms with Crippen LogP contribution in [0.25, 0.3) is 0 Å². The number of hydrogen-bond donors (Lipinski definition) is 1. The van der Waals surface area contributed by atoms with Gasteiger partial charge in [0, 0.05) is 16.7 Å². The van der Waals surface area contributed by atoms with Crippen molar-refractivity contribution in [3.05, 3.63) is 27.8 Å². The quantitative estimate of drug-likeness (QED) is 0.847. The van der Waals surface area contributed by atoms with E-state index in [9.17, 15) is 8.42 Å². The predicted molar refractivity (Wildman–Crippen MR) is 72.5 cm³/mol. The molecule has 0 unspecified atom stereocenters. The summed E-state index contributed by atoms with van der Waals surface area (Å²) in [6, 6.07) is 7.34. The fraction of sp³-hybridized carbons (Fsp3) is 0.400. The van der Waals surface area contributed by atoms with Crippen LogP contribution in [0.2, 0.25) is 0 Å². The number of anilines is 1. The molecular weight excluding hydrogens is 339 g/mol. The Hall–Kier alpha value is -0.340. The van der Waals surface area contributed by atoms with Gasteiger partial charge in [-0.25, -0.2) is 0 Å². The topological polar surface area (TPSA) is 49.4 Å². The molecule has 2 rings (SSSR count). The van der Waals surface area contributed by atoms with Crippen LogP contribution in [-0.4, -0.2) is 25.8 Å². The lowest BCUT2D eigenvalue weighted by molar-refractivity contribution is 0.482. The van der Waals surface area contributed by atoms with E-state index >= 15 is 0 Å². The van der Waals surface area contributed by atoms with Crippen molar-refractivity contribution < 1.29 is 8.42 Å². The lowest BCUT2D eigenvalue weighted by atomic mass is 10.3. The van der Waals surface area contributed by atoms with Gasteiger partial charge in [-0.05, 0) is 53.6 Å². The summed E-state index contributed by atoms with van der Waals surface area (Å²) < 4.78 is 29.0. The van der Waals surface area contributed by atoms with Crippen LogP contribution in [0.5, 0.6) is 0 Å². The lowest BCUT2D eigenvalue weighted by Gasteiger charge is -2.16. The van der Waals surface area contributed by atoms with Gasteiger partial charge in [0.25, 0.3) is 0 Å². The standard InChI is InChI=1S/C10H13IN2O2S/c11-9-4-3-5-10(8-9)12-16(14,15)13-6-1-2-7-13/h3-5,8,12H,1-2,6-7H2. The zero-order valence-electron chi connectivity index (χ0n) is 8.69. The first-order valence-corrected chi connectivity index (χ1v) is 7.63. The number of nitrogens with one attached hydrogen (secondary N) is 1. The highest BCUT2D eigenvalue weighted by atomic mass is 127. The summed E-state index contributed by atoms with van der Waals surface area (Å²) in [5.41, 5.74) is 0.624. The average Bonchev–Trinajstić information content (AvgIpc) is 2.69. The normalized spacial score (nSPS) is 17.6. The Kier molecular flexibility index (Phi) is 3.70. The Balaban J connectivity index is 2.14. The lowest BCUT2D eigenvalue weighted by Crippen LogP contribution is -2.33. The van der Waals surface area contributed by atoms with Crippen molar-refractivity contribution >= 4 is 38.5 Å². The van der Waals surface area contributed by atoms with Crippen molar-refractivity contribution in [3.8, 4) is 0 Å². The fourth-order valence-electron chi connectivity index (χ4n) is 1.69. The van der Waals surface area contributed by atoms with Gasteiger partial charge in [-0.15, -0.1) is 0 Å². The SMILES string of the molecule is O=S(=O)(Nc1cccc(I)c1)N1CCCC1. The first-order valence-electron chi connectivity index (χ1n) is 5.11. The zero-order valence-corrected chi connectivity index (χ0v) is 11.7. The number of nitrogens with zero attached hydrogens (tertiary/aromatic N) is 1. The van der Waals surface area contributed by atoms with Crippen molar-refractivity contribution in [2.45, 2.75) is 12.8 Å². The number of halogens is 1. The molecule has 0 spiro atoms. The summed E-state index contributed by atoms with van der Waals surface area (Å²) in [6.07, 6.45) is 1.90. The van der Waals surface area contributed by atoms with Gasteiger partial charge in [-0.2, -0.15) is 12.7 Å². The summed E-state index contributed by atoms with van der Waals surface area (Å²) in [6.45, 7) is 1.25. The molecule has 0 amide bonds. The van der Waals surface area contributed by atoms with Crippen LogP contribution < -0.4 is 4.72 Å². The van der Waals surface area contributed by atoms with E-state index in [4.69, 9.17) is 0 Å². The van der Waals surface area contributed by atoms with Gasteiger partial charge in [0.1, 0.15) is 0 Å². The maximum atomic E-state index is 11.9. The molecular formula is C10H13IN2O2S. The van der Waals surface area contributed by atoms with Crippen LogP contribution in [-0.2, 0) is 10.2 Å². The summed E-state index contributed by atoms with van der Waals surface area (Å²) in [4.78, 5) is 0. The minimum Gasteiger partial charge on any atom is -0.271 e. The first-order chi connectivity index (χ1) is 7.58. The van der Waals surface area contributed by atoms with E-state index in [0.717, 1.165) is 16.4 Å². The zero-order chi connectivity index (χ0) is 11.6. The molecule has 0 bridgehead atoms. The van der Waals surface area contributed by atoms with E-state index in [1.165, 1.54) is 4.31 Å². The van der Waals surface area contributed by atoms with Crippen LogP contribution >= 0.6 is 22.6 Å². The highest BCUT2D eigenvalue weighted by Gasteiger charge is 2.24. The van der Waals surface area contributed by atoms with Gasteiger partial charge < -0.3 is 0 Å². The van der Waals surface area contributed by atoms with Gasteiger partial charge >= 0.3 is 10.2 Å². The molecule has 1 saturated heterocycles. The van der Waals surface area contributed by atoms with Crippen LogP contribution in [0.4, 0.5) is 5.69 Å². The maximum absolute atomic E-state index is 11.9. The molecule has 4 nitrogen and oxygen atoms in total. The van der Waals surface area contributed by atoms with Crippen molar-refractivity contribution in [2.24, 2.45) is 0 Å². The van der Waals surface area contributed by atoms with Gasteiger partial charge in [0.15, 0.2) is 0 Å². The van der Waals surface area contributed by atoms with Crippen LogP contribution in [0, 0.1) is 3.57 Å². The third kappa shape index (κ3) is 2.86. The van der Waals surface area contributed by atoms with Crippen molar-refractivity contribution in [2.75, 3.05) is 17.8 Å². The number of rotatable bonds is 3. The molecule has 0 radical (unpaired) electrons. The van der Waals surface area contributed by atoms with E-state index in [2.05, 4.69) is 27.3 Å². The number of hydrogen-bond acceptors (Lipinski definition) is 2. The second-order valence-electron chi connectivity index (χ2n) is 3.72. The van der Waals surface area contributed by atoms with Crippen molar-refractivity contribution in [1.82, 2.24) is 4.31 Å². The van der Waals surface area contributed by atoms with E-state index in [-0.39, 0.29) is 0 Å². The van der Waals surface area contributed by atoms with E-state index in [0.29, 0.717) is 18.8 Å². The molecule has 0 saturated carbocycles. The summed E-state index contributed by atoms with van der Waals surface area (Å²) in [7, 11) is -3.35. The molecule has 1 aliphatic rings. The molecule has 0 atom stereocenters. The smallest absolute Gasteiger partial charge is 0.271 e. The molecule has 1 heterocycles. The van der Waals surface area contributed by atoms with Gasteiger partial charge in [-0.1, -0.05) is 6.07 Å². The fourth-order valence-corrected chi connectivity index (χ4v) is 3.53. The molecule has 1 aromatic rings. The first kappa shape index (κ1) is 12.1. The highest BCUT2D eigenvalue weighted by molar-refractivity contribution is 14.1. The molecule has 1 aliphatic heterocycles. The minimum atomic E-state index is -3.35. The molecule has 1 fully saturated rings. The average molecular weight is 352 g/mol.